The van der Waals surface area contributed by atoms with Crippen LogP contribution in [0.1, 0.15) is 16.7 Å². The first kappa shape index (κ1) is 22.7. The van der Waals surface area contributed by atoms with Crippen molar-refractivity contribution in [3.8, 4) is 0 Å². The maximum absolute atomic E-state index is 13.6. The molecule has 2 aromatic rings. The molecule has 3 rings (SSSR count). The molecule has 0 bridgehead atoms. The van der Waals surface area contributed by atoms with Crippen LogP contribution in [-0.2, 0) is 23.9 Å². The molecule has 0 atom stereocenters. The zero-order chi connectivity index (χ0) is 22.6. The SMILES string of the molecule is CN1CCN(Cc2ccc(NC(=O)Cc3ccc([N+](=O)[O-])cc3)cc2C(F)(F)F)CC1. The molecule has 1 aliphatic rings. The molecule has 166 valence electrons. The molecule has 0 unspecified atom stereocenters. The predicted molar refractivity (Wildman–Crippen MR) is 110 cm³/mol. The number of nitro groups is 1. The molecule has 0 radical (unpaired) electrons. The van der Waals surface area contributed by atoms with Crippen LogP contribution in [-0.4, -0.2) is 53.9 Å². The fourth-order valence-corrected chi connectivity index (χ4v) is 3.43. The van der Waals surface area contributed by atoms with Crippen LogP contribution < -0.4 is 5.32 Å². The Morgan fingerprint density at radius 1 is 1.10 bits per heavy atom. The number of piperazine rings is 1. The fraction of sp³-hybridized carbons (Fsp3) is 0.381. The Balaban J connectivity index is 1.69. The van der Waals surface area contributed by atoms with Gasteiger partial charge in [0, 0.05) is 50.5 Å². The van der Waals surface area contributed by atoms with E-state index in [1.807, 2.05) is 11.9 Å². The number of carbonyl (C=O) groups excluding carboxylic acids is 1. The van der Waals surface area contributed by atoms with Crippen LogP contribution >= 0.6 is 0 Å². The minimum Gasteiger partial charge on any atom is -0.326 e. The molecule has 0 spiro atoms. The van der Waals surface area contributed by atoms with Crippen molar-refractivity contribution < 1.29 is 22.9 Å². The van der Waals surface area contributed by atoms with Crippen LogP contribution in [0, 0.1) is 10.1 Å². The van der Waals surface area contributed by atoms with Gasteiger partial charge in [-0.15, -0.1) is 0 Å². The second-order valence-corrected chi connectivity index (χ2v) is 7.60. The zero-order valence-corrected chi connectivity index (χ0v) is 17.0. The van der Waals surface area contributed by atoms with Gasteiger partial charge in [0.1, 0.15) is 0 Å². The van der Waals surface area contributed by atoms with Crippen LogP contribution in [0.15, 0.2) is 42.5 Å². The van der Waals surface area contributed by atoms with E-state index in [2.05, 4.69) is 10.2 Å². The van der Waals surface area contributed by atoms with E-state index in [4.69, 9.17) is 0 Å². The number of benzene rings is 2. The van der Waals surface area contributed by atoms with Crippen LogP contribution in [0.25, 0.3) is 0 Å². The van der Waals surface area contributed by atoms with E-state index >= 15 is 0 Å². The molecule has 0 saturated carbocycles. The lowest BCUT2D eigenvalue weighted by Gasteiger charge is -2.33. The summed E-state index contributed by atoms with van der Waals surface area (Å²) in [5.74, 6) is -0.506. The van der Waals surface area contributed by atoms with E-state index in [1.54, 1.807) is 0 Å². The zero-order valence-electron chi connectivity index (χ0n) is 17.0. The molecule has 1 heterocycles. The second-order valence-electron chi connectivity index (χ2n) is 7.60. The molecule has 2 aromatic carbocycles. The summed E-state index contributed by atoms with van der Waals surface area (Å²) in [7, 11) is 1.98. The molecule has 1 saturated heterocycles. The summed E-state index contributed by atoms with van der Waals surface area (Å²) in [5, 5.41) is 13.2. The van der Waals surface area contributed by atoms with Gasteiger partial charge in [0.05, 0.1) is 16.9 Å². The Bertz CT molecular complexity index is 940. The van der Waals surface area contributed by atoms with E-state index in [-0.39, 0.29) is 29.9 Å². The number of anilines is 1. The van der Waals surface area contributed by atoms with Gasteiger partial charge >= 0.3 is 6.18 Å². The van der Waals surface area contributed by atoms with Gasteiger partial charge in [-0.3, -0.25) is 19.8 Å². The summed E-state index contributed by atoms with van der Waals surface area (Å²) in [6, 6.07) is 9.27. The van der Waals surface area contributed by atoms with Crippen LogP contribution in [0.4, 0.5) is 24.5 Å². The highest BCUT2D eigenvalue weighted by molar-refractivity contribution is 5.92. The molecule has 1 fully saturated rings. The number of hydrogen-bond donors (Lipinski definition) is 1. The summed E-state index contributed by atoms with van der Waals surface area (Å²) in [5.41, 5.74) is -0.118. The van der Waals surface area contributed by atoms with Gasteiger partial charge in [-0.25, -0.2) is 0 Å². The van der Waals surface area contributed by atoms with Gasteiger partial charge in [-0.2, -0.15) is 13.2 Å². The largest absolute Gasteiger partial charge is 0.416 e. The number of nitrogens with one attached hydrogen (secondary N) is 1. The first-order valence-electron chi connectivity index (χ1n) is 9.76. The summed E-state index contributed by atoms with van der Waals surface area (Å²) < 4.78 is 40.9. The predicted octanol–water partition coefficient (Wildman–Crippen LogP) is 3.54. The highest BCUT2D eigenvalue weighted by Gasteiger charge is 2.34. The number of carbonyl (C=O) groups is 1. The topological polar surface area (TPSA) is 78.7 Å². The number of likely N-dealkylation sites (N-methyl/N-ethyl adjacent to an activating group) is 1. The molecule has 31 heavy (non-hydrogen) atoms. The van der Waals surface area contributed by atoms with Gasteiger partial charge in [0.25, 0.3) is 5.69 Å². The molecule has 0 aromatic heterocycles. The first-order valence-corrected chi connectivity index (χ1v) is 9.76. The average Bonchev–Trinajstić information content (AvgIpc) is 2.70. The lowest BCUT2D eigenvalue weighted by atomic mass is 10.0. The molecule has 10 heteroatoms. The van der Waals surface area contributed by atoms with Crippen molar-refractivity contribution in [2.45, 2.75) is 19.1 Å². The minimum atomic E-state index is -4.54. The van der Waals surface area contributed by atoms with Crippen molar-refractivity contribution in [2.24, 2.45) is 0 Å². The molecule has 1 amide bonds. The van der Waals surface area contributed by atoms with Crippen molar-refractivity contribution in [1.82, 2.24) is 9.80 Å². The standard InChI is InChI=1S/C21H23F3N4O3/c1-26-8-10-27(11-9-26)14-16-4-5-17(13-19(16)21(22,23)24)25-20(29)12-15-2-6-18(7-3-15)28(30)31/h2-7,13H,8-12,14H2,1H3,(H,25,29). The molecule has 1 N–H and O–H groups in total. The van der Waals surface area contributed by atoms with Crippen LogP contribution in [0.2, 0.25) is 0 Å². The Morgan fingerprint density at radius 3 is 2.32 bits per heavy atom. The molecular weight excluding hydrogens is 413 g/mol. The molecule has 0 aliphatic carbocycles. The number of halogens is 3. The van der Waals surface area contributed by atoms with Crippen molar-refractivity contribution in [1.29, 1.82) is 0 Å². The van der Waals surface area contributed by atoms with Crippen molar-refractivity contribution >= 4 is 17.3 Å². The van der Waals surface area contributed by atoms with Crippen LogP contribution in [0.3, 0.4) is 0 Å². The Hall–Kier alpha value is -2.98. The number of non-ortho nitro benzene ring substituents is 1. The first-order chi connectivity index (χ1) is 14.6. The third kappa shape index (κ3) is 6.25. The van der Waals surface area contributed by atoms with Gasteiger partial charge in [0.15, 0.2) is 0 Å². The van der Waals surface area contributed by atoms with Crippen molar-refractivity contribution in [3.05, 3.63) is 69.3 Å². The van der Waals surface area contributed by atoms with E-state index in [0.717, 1.165) is 19.2 Å². The highest BCUT2D eigenvalue weighted by atomic mass is 19.4. The number of rotatable bonds is 6. The smallest absolute Gasteiger partial charge is 0.326 e. The van der Waals surface area contributed by atoms with E-state index < -0.39 is 22.6 Å². The number of hydrogen-bond acceptors (Lipinski definition) is 5. The lowest BCUT2D eigenvalue weighted by Crippen LogP contribution is -2.44. The number of nitrogens with zero attached hydrogens (tertiary/aromatic N) is 3. The summed E-state index contributed by atoms with van der Waals surface area (Å²) >= 11 is 0. The third-order valence-corrected chi connectivity index (χ3v) is 5.20. The van der Waals surface area contributed by atoms with Crippen molar-refractivity contribution in [3.63, 3.8) is 0 Å². The number of nitro benzene ring substituents is 1. The average molecular weight is 436 g/mol. The van der Waals surface area contributed by atoms with Crippen molar-refractivity contribution in [2.75, 3.05) is 38.5 Å². The lowest BCUT2D eigenvalue weighted by molar-refractivity contribution is -0.384. The fourth-order valence-electron chi connectivity index (χ4n) is 3.43. The Kier molecular flexibility index (Phi) is 6.91. The van der Waals surface area contributed by atoms with Gasteiger partial charge < -0.3 is 10.2 Å². The van der Waals surface area contributed by atoms with E-state index in [0.29, 0.717) is 18.7 Å². The van der Waals surface area contributed by atoms with Gasteiger partial charge in [-0.05, 0) is 30.3 Å². The second kappa shape index (κ2) is 9.44. The third-order valence-electron chi connectivity index (χ3n) is 5.20. The van der Waals surface area contributed by atoms with E-state index in [9.17, 15) is 28.1 Å². The van der Waals surface area contributed by atoms with Gasteiger partial charge in [0.2, 0.25) is 5.91 Å². The number of amides is 1. The maximum atomic E-state index is 13.6. The summed E-state index contributed by atoms with van der Waals surface area (Å²) in [6.45, 7) is 3.19. The minimum absolute atomic E-state index is 0.0568. The highest BCUT2D eigenvalue weighted by Crippen LogP contribution is 2.34. The monoisotopic (exact) mass is 436 g/mol. The molecular formula is C21H23F3N4O3. The Labute approximate surface area is 177 Å². The summed E-state index contributed by atoms with van der Waals surface area (Å²) in [4.78, 5) is 26.5. The number of alkyl halides is 3. The normalized spacial score (nSPS) is 15.6. The summed E-state index contributed by atoms with van der Waals surface area (Å²) in [6.07, 6.45) is -4.65. The molecule has 7 nitrogen and oxygen atoms in total. The Morgan fingerprint density at radius 2 is 1.74 bits per heavy atom. The quantitative estimate of drug-likeness (QED) is 0.554. The van der Waals surface area contributed by atoms with Gasteiger partial charge in [-0.1, -0.05) is 18.2 Å². The maximum Gasteiger partial charge on any atom is 0.416 e. The van der Waals surface area contributed by atoms with E-state index in [1.165, 1.54) is 36.4 Å². The van der Waals surface area contributed by atoms with Crippen LogP contribution in [0.5, 0.6) is 0 Å². The molecule has 1 aliphatic heterocycles.